The Morgan fingerprint density at radius 2 is 2.17 bits per heavy atom. The fourth-order valence-corrected chi connectivity index (χ4v) is 2.77. The zero-order chi connectivity index (χ0) is 16.9. The van der Waals surface area contributed by atoms with Gasteiger partial charge in [-0.3, -0.25) is 5.32 Å². The fourth-order valence-electron chi connectivity index (χ4n) is 1.96. The van der Waals surface area contributed by atoms with Crippen molar-refractivity contribution >= 4 is 22.5 Å². The monoisotopic (exact) mass is 333 g/mol. The van der Waals surface area contributed by atoms with Crippen molar-refractivity contribution in [3.8, 4) is 12.3 Å². The van der Waals surface area contributed by atoms with Gasteiger partial charge in [0.05, 0.1) is 17.7 Å². The normalized spacial score (nSPS) is 13.0. The SMILES string of the molecule is C#C[C@](C)(c1ccc(F)cc1)c1csc(NC(=O)NCCO)n1. The largest absolute Gasteiger partial charge is 0.395 e. The number of urea groups is 1. The summed E-state index contributed by atoms with van der Waals surface area (Å²) in [5.41, 5.74) is 0.503. The molecule has 23 heavy (non-hydrogen) atoms. The van der Waals surface area contributed by atoms with Crippen molar-refractivity contribution in [1.29, 1.82) is 0 Å². The maximum absolute atomic E-state index is 13.1. The lowest BCUT2D eigenvalue weighted by atomic mass is 9.81. The van der Waals surface area contributed by atoms with Crippen LogP contribution in [-0.2, 0) is 5.41 Å². The predicted molar refractivity (Wildman–Crippen MR) is 87.9 cm³/mol. The molecular weight excluding hydrogens is 317 g/mol. The van der Waals surface area contributed by atoms with Crippen LogP contribution < -0.4 is 10.6 Å². The molecule has 2 aromatic rings. The van der Waals surface area contributed by atoms with E-state index in [1.165, 1.54) is 23.5 Å². The van der Waals surface area contributed by atoms with Gasteiger partial charge in [0.2, 0.25) is 0 Å². The van der Waals surface area contributed by atoms with Crippen molar-refractivity contribution in [2.45, 2.75) is 12.3 Å². The Kier molecular flexibility index (Phi) is 5.32. The minimum absolute atomic E-state index is 0.143. The quantitative estimate of drug-likeness (QED) is 0.735. The number of hydrogen-bond donors (Lipinski definition) is 3. The zero-order valence-corrected chi connectivity index (χ0v) is 13.3. The highest BCUT2D eigenvalue weighted by atomic mass is 32.1. The van der Waals surface area contributed by atoms with Crippen molar-refractivity contribution in [3.63, 3.8) is 0 Å². The molecule has 1 heterocycles. The van der Waals surface area contributed by atoms with Gasteiger partial charge in [0.25, 0.3) is 0 Å². The molecule has 2 rings (SSSR count). The summed E-state index contributed by atoms with van der Waals surface area (Å²) in [5.74, 6) is 2.35. The number of benzene rings is 1. The number of aromatic nitrogens is 1. The lowest BCUT2D eigenvalue weighted by molar-refractivity contribution is 0.245. The van der Waals surface area contributed by atoms with Gasteiger partial charge >= 0.3 is 6.03 Å². The topological polar surface area (TPSA) is 74.2 Å². The van der Waals surface area contributed by atoms with Crippen LogP contribution in [0.25, 0.3) is 0 Å². The van der Waals surface area contributed by atoms with Crippen LogP contribution >= 0.6 is 11.3 Å². The highest BCUT2D eigenvalue weighted by Gasteiger charge is 2.29. The number of carbonyl (C=O) groups is 1. The molecule has 0 aliphatic rings. The average Bonchev–Trinajstić information content (AvgIpc) is 3.01. The molecule has 0 saturated heterocycles. The molecular formula is C16H16FN3O2S. The number of nitrogens with zero attached hydrogens (tertiary/aromatic N) is 1. The van der Waals surface area contributed by atoms with Gasteiger partial charge in [-0.15, -0.1) is 17.8 Å². The van der Waals surface area contributed by atoms with E-state index in [1.54, 1.807) is 17.5 Å². The number of halogens is 1. The van der Waals surface area contributed by atoms with E-state index in [2.05, 4.69) is 21.5 Å². The number of aliphatic hydroxyl groups is 1. The summed E-state index contributed by atoms with van der Waals surface area (Å²) in [6, 6.07) is 5.48. The standard InChI is InChI=1S/C16H16FN3O2S/c1-3-16(2,11-4-6-12(17)7-5-11)13-10-23-15(19-13)20-14(22)18-8-9-21/h1,4-7,10,21H,8-9H2,2H3,(H2,18,19,20,22)/t16-/m1/s1. The van der Waals surface area contributed by atoms with Crippen molar-refractivity contribution in [3.05, 3.63) is 46.7 Å². The molecule has 1 aromatic heterocycles. The Morgan fingerprint density at radius 3 is 2.78 bits per heavy atom. The molecule has 0 unspecified atom stereocenters. The maximum Gasteiger partial charge on any atom is 0.321 e. The first-order chi connectivity index (χ1) is 11.0. The average molecular weight is 333 g/mol. The first-order valence-corrected chi connectivity index (χ1v) is 7.73. The van der Waals surface area contributed by atoms with E-state index in [4.69, 9.17) is 11.5 Å². The number of carbonyl (C=O) groups excluding carboxylic acids is 1. The number of nitrogens with one attached hydrogen (secondary N) is 2. The molecule has 3 N–H and O–H groups in total. The van der Waals surface area contributed by atoms with Crippen LogP contribution in [0.1, 0.15) is 18.2 Å². The van der Waals surface area contributed by atoms with Gasteiger partial charge in [-0.1, -0.05) is 18.1 Å². The number of terminal acetylenes is 1. The third-order valence-electron chi connectivity index (χ3n) is 3.34. The fraction of sp³-hybridized carbons (Fsp3) is 0.250. The Morgan fingerprint density at radius 1 is 1.48 bits per heavy atom. The summed E-state index contributed by atoms with van der Waals surface area (Å²) in [4.78, 5) is 15.9. The second-order valence-electron chi connectivity index (χ2n) is 4.92. The van der Waals surface area contributed by atoms with E-state index in [1.807, 2.05) is 6.92 Å². The van der Waals surface area contributed by atoms with Crippen molar-refractivity contribution < 1.29 is 14.3 Å². The predicted octanol–water partition coefficient (Wildman–Crippen LogP) is 2.34. The minimum Gasteiger partial charge on any atom is -0.395 e. The number of thiazole rings is 1. The summed E-state index contributed by atoms with van der Waals surface area (Å²) in [5, 5.41) is 15.8. The first-order valence-electron chi connectivity index (χ1n) is 6.85. The molecule has 2 amide bonds. The summed E-state index contributed by atoms with van der Waals surface area (Å²) in [6.07, 6.45) is 5.68. The number of rotatable bonds is 5. The van der Waals surface area contributed by atoms with Crippen molar-refractivity contribution in [2.24, 2.45) is 0 Å². The summed E-state index contributed by atoms with van der Waals surface area (Å²) in [7, 11) is 0. The third kappa shape index (κ3) is 3.86. The molecule has 120 valence electrons. The highest BCUT2D eigenvalue weighted by molar-refractivity contribution is 7.14. The molecule has 7 heteroatoms. The second kappa shape index (κ2) is 7.22. The molecule has 0 aliphatic carbocycles. The van der Waals surface area contributed by atoms with Gasteiger partial charge < -0.3 is 10.4 Å². The number of anilines is 1. The smallest absolute Gasteiger partial charge is 0.321 e. The van der Waals surface area contributed by atoms with Crippen LogP contribution in [0.4, 0.5) is 14.3 Å². The van der Waals surface area contributed by atoms with Crippen LogP contribution in [0.2, 0.25) is 0 Å². The van der Waals surface area contributed by atoms with E-state index in [9.17, 15) is 9.18 Å². The van der Waals surface area contributed by atoms with E-state index in [0.717, 1.165) is 5.56 Å². The summed E-state index contributed by atoms with van der Waals surface area (Å²) >= 11 is 1.24. The van der Waals surface area contributed by atoms with Crippen LogP contribution in [0.15, 0.2) is 29.6 Å². The lowest BCUT2D eigenvalue weighted by Gasteiger charge is -2.22. The van der Waals surface area contributed by atoms with Gasteiger partial charge in [0.15, 0.2) is 5.13 Å². The maximum atomic E-state index is 13.1. The van der Waals surface area contributed by atoms with Crippen molar-refractivity contribution in [2.75, 3.05) is 18.5 Å². The first kappa shape index (κ1) is 16.9. The van der Waals surface area contributed by atoms with Crippen molar-refractivity contribution in [1.82, 2.24) is 10.3 Å². The van der Waals surface area contributed by atoms with Gasteiger partial charge in [-0.25, -0.2) is 14.2 Å². The van der Waals surface area contributed by atoms with E-state index < -0.39 is 11.4 Å². The highest BCUT2D eigenvalue weighted by Crippen LogP contribution is 2.33. The Bertz CT molecular complexity index is 724. The number of amides is 2. The van der Waals surface area contributed by atoms with E-state index >= 15 is 0 Å². The zero-order valence-electron chi connectivity index (χ0n) is 12.5. The van der Waals surface area contributed by atoms with E-state index in [0.29, 0.717) is 10.8 Å². The number of aliphatic hydroxyl groups excluding tert-OH is 1. The Hall–Kier alpha value is -2.43. The van der Waals surface area contributed by atoms with Gasteiger partial charge in [0, 0.05) is 11.9 Å². The summed E-state index contributed by atoms with van der Waals surface area (Å²) < 4.78 is 13.1. The van der Waals surface area contributed by atoms with E-state index in [-0.39, 0.29) is 19.0 Å². The molecule has 1 aromatic carbocycles. The van der Waals surface area contributed by atoms with Gasteiger partial charge in [-0.05, 0) is 24.6 Å². The summed E-state index contributed by atoms with van der Waals surface area (Å²) in [6.45, 7) is 1.82. The molecule has 5 nitrogen and oxygen atoms in total. The Labute approximate surface area is 137 Å². The molecule has 0 fully saturated rings. The second-order valence-corrected chi connectivity index (χ2v) is 5.78. The van der Waals surface area contributed by atoms with Crippen LogP contribution in [0, 0.1) is 18.2 Å². The third-order valence-corrected chi connectivity index (χ3v) is 4.10. The molecule has 0 aliphatic heterocycles. The molecule has 0 radical (unpaired) electrons. The molecule has 1 atom stereocenters. The molecule has 0 spiro atoms. The number of hydrogen-bond acceptors (Lipinski definition) is 4. The van der Waals surface area contributed by atoms with Crippen LogP contribution in [0.5, 0.6) is 0 Å². The van der Waals surface area contributed by atoms with Crippen LogP contribution in [0.3, 0.4) is 0 Å². The van der Waals surface area contributed by atoms with Crippen LogP contribution in [-0.4, -0.2) is 29.3 Å². The minimum atomic E-state index is -0.828. The van der Waals surface area contributed by atoms with Gasteiger partial charge in [0.1, 0.15) is 5.82 Å². The lowest BCUT2D eigenvalue weighted by Crippen LogP contribution is -2.31. The molecule has 0 saturated carbocycles. The molecule has 0 bridgehead atoms. The van der Waals surface area contributed by atoms with Gasteiger partial charge in [-0.2, -0.15) is 0 Å². The Balaban J connectivity index is 2.21.